The van der Waals surface area contributed by atoms with E-state index in [1.165, 1.54) is 6.07 Å². The van der Waals surface area contributed by atoms with Gasteiger partial charge in [-0.25, -0.2) is 0 Å². The molecule has 0 heterocycles. The lowest BCUT2D eigenvalue weighted by molar-refractivity contribution is 0.408. The molecule has 3 heteroatoms. The lowest BCUT2D eigenvalue weighted by Crippen LogP contribution is -1.75. The number of benzene rings is 2. The predicted molar refractivity (Wildman–Crippen MR) is 52.3 cm³/mol. The monoisotopic (exact) mass is 194 g/mol. The largest absolute Gasteiger partial charge is 0.504 e. The van der Waals surface area contributed by atoms with Crippen molar-refractivity contribution in [1.29, 1.82) is 0 Å². The van der Waals surface area contributed by atoms with E-state index >= 15 is 0 Å². The maximum Gasteiger partial charge on any atom is 0.165 e. The molecule has 2 N–H and O–H groups in total. The Hall–Kier alpha value is -1.41. The molecule has 0 aliphatic heterocycles. The molecule has 0 radical (unpaired) electrons. The van der Waals surface area contributed by atoms with Gasteiger partial charge < -0.3 is 10.2 Å². The van der Waals surface area contributed by atoms with Crippen LogP contribution in [0.25, 0.3) is 10.8 Å². The SMILES string of the molecule is Oc1ccc2c(Cl)cccc2c1O. The Kier molecular flexibility index (Phi) is 1.78. The van der Waals surface area contributed by atoms with Gasteiger partial charge in [-0.15, -0.1) is 0 Å². The second-order valence-corrected chi connectivity index (χ2v) is 3.18. The Labute approximate surface area is 80.0 Å². The third kappa shape index (κ3) is 1.19. The summed E-state index contributed by atoms with van der Waals surface area (Å²) in [5, 5.41) is 20.6. The van der Waals surface area contributed by atoms with Crippen molar-refractivity contribution < 1.29 is 10.2 Å². The van der Waals surface area contributed by atoms with Crippen LogP contribution in [0.15, 0.2) is 30.3 Å². The Morgan fingerprint density at radius 1 is 0.923 bits per heavy atom. The third-order valence-corrected chi connectivity index (χ3v) is 2.29. The van der Waals surface area contributed by atoms with Gasteiger partial charge in [-0.2, -0.15) is 0 Å². The van der Waals surface area contributed by atoms with Crippen molar-refractivity contribution in [3.63, 3.8) is 0 Å². The quantitative estimate of drug-likeness (QED) is 0.633. The zero-order valence-electron chi connectivity index (χ0n) is 6.66. The van der Waals surface area contributed by atoms with E-state index in [1.54, 1.807) is 24.3 Å². The fourth-order valence-electron chi connectivity index (χ4n) is 1.29. The number of halogens is 1. The molecule has 2 rings (SSSR count). The molecule has 0 amide bonds. The van der Waals surface area contributed by atoms with Crippen molar-refractivity contribution in [3.05, 3.63) is 35.4 Å². The van der Waals surface area contributed by atoms with Crippen molar-refractivity contribution >= 4 is 22.4 Å². The second kappa shape index (κ2) is 2.82. The predicted octanol–water partition coefficient (Wildman–Crippen LogP) is 2.90. The minimum atomic E-state index is -0.130. The van der Waals surface area contributed by atoms with Crippen LogP contribution in [0.3, 0.4) is 0 Å². The summed E-state index contributed by atoms with van der Waals surface area (Å²) in [5.41, 5.74) is 0. The van der Waals surface area contributed by atoms with E-state index in [1.807, 2.05) is 0 Å². The highest BCUT2D eigenvalue weighted by Gasteiger charge is 2.06. The van der Waals surface area contributed by atoms with Crippen LogP contribution in [-0.2, 0) is 0 Å². The molecule has 0 saturated heterocycles. The van der Waals surface area contributed by atoms with Crippen molar-refractivity contribution in [1.82, 2.24) is 0 Å². The molecule has 0 aliphatic rings. The fraction of sp³-hybridized carbons (Fsp3) is 0. The normalized spacial score (nSPS) is 10.5. The second-order valence-electron chi connectivity index (χ2n) is 2.77. The van der Waals surface area contributed by atoms with E-state index in [0.29, 0.717) is 10.4 Å². The topological polar surface area (TPSA) is 40.5 Å². The third-order valence-electron chi connectivity index (χ3n) is 1.96. The summed E-state index contributed by atoms with van der Waals surface area (Å²) in [6.07, 6.45) is 0. The first-order valence-electron chi connectivity index (χ1n) is 3.79. The number of phenolic OH excluding ortho intramolecular Hbond substituents is 2. The Morgan fingerprint density at radius 2 is 1.69 bits per heavy atom. The molecule has 0 unspecified atom stereocenters. The van der Waals surface area contributed by atoms with Gasteiger partial charge in [-0.1, -0.05) is 23.7 Å². The lowest BCUT2D eigenvalue weighted by Gasteiger charge is -2.03. The molecule has 0 spiro atoms. The average molecular weight is 195 g/mol. The maximum absolute atomic E-state index is 9.47. The maximum atomic E-state index is 9.47. The van der Waals surface area contributed by atoms with E-state index in [4.69, 9.17) is 11.6 Å². The van der Waals surface area contributed by atoms with Gasteiger partial charge in [-0.3, -0.25) is 0 Å². The van der Waals surface area contributed by atoms with Gasteiger partial charge in [0, 0.05) is 15.8 Å². The minimum absolute atomic E-state index is 0.125. The van der Waals surface area contributed by atoms with Gasteiger partial charge in [-0.05, 0) is 18.2 Å². The van der Waals surface area contributed by atoms with E-state index in [2.05, 4.69) is 0 Å². The summed E-state index contributed by atoms with van der Waals surface area (Å²) in [5.74, 6) is -0.255. The molecule has 0 atom stereocenters. The Balaban J connectivity index is 2.94. The highest BCUT2D eigenvalue weighted by atomic mass is 35.5. The zero-order chi connectivity index (χ0) is 9.42. The van der Waals surface area contributed by atoms with Crippen LogP contribution in [0, 0.1) is 0 Å². The van der Waals surface area contributed by atoms with Gasteiger partial charge in [0.25, 0.3) is 0 Å². The number of aromatic hydroxyl groups is 2. The summed E-state index contributed by atoms with van der Waals surface area (Å²) in [4.78, 5) is 0. The average Bonchev–Trinajstić information content (AvgIpc) is 2.12. The minimum Gasteiger partial charge on any atom is -0.504 e. The molecular weight excluding hydrogens is 188 g/mol. The molecule has 0 fully saturated rings. The molecule has 0 saturated carbocycles. The van der Waals surface area contributed by atoms with E-state index < -0.39 is 0 Å². The Bertz CT molecular complexity index is 466. The van der Waals surface area contributed by atoms with Crippen LogP contribution in [0.4, 0.5) is 0 Å². The van der Waals surface area contributed by atoms with Gasteiger partial charge in [0.05, 0.1) is 0 Å². The first-order valence-corrected chi connectivity index (χ1v) is 4.17. The summed E-state index contributed by atoms with van der Waals surface area (Å²) < 4.78 is 0. The van der Waals surface area contributed by atoms with Gasteiger partial charge in [0.2, 0.25) is 0 Å². The summed E-state index contributed by atoms with van der Waals surface area (Å²) >= 11 is 5.89. The highest BCUT2D eigenvalue weighted by Crippen LogP contribution is 2.35. The van der Waals surface area contributed by atoms with Crippen molar-refractivity contribution in [3.8, 4) is 11.5 Å². The molecular formula is C10H7ClO2. The highest BCUT2D eigenvalue weighted by molar-refractivity contribution is 6.35. The first kappa shape index (κ1) is 8.20. The van der Waals surface area contributed by atoms with Crippen LogP contribution in [-0.4, -0.2) is 10.2 Å². The van der Waals surface area contributed by atoms with Crippen LogP contribution in [0.1, 0.15) is 0 Å². The molecule has 66 valence electrons. The molecule has 13 heavy (non-hydrogen) atoms. The lowest BCUT2D eigenvalue weighted by atomic mass is 10.1. The van der Waals surface area contributed by atoms with Crippen molar-refractivity contribution in [2.75, 3.05) is 0 Å². The van der Waals surface area contributed by atoms with Gasteiger partial charge >= 0.3 is 0 Å². The van der Waals surface area contributed by atoms with E-state index in [-0.39, 0.29) is 11.5 Å². The standard InChI is InChI=1S/C10H7ClO2/c11-8-3-1-2-7-6(8)4-5-9(12)10(7)13/h1-5,12-13H. The number of hydrogen-bond acceptors (Lipinski definition) is 2. The number of rotatable bonds is 0. The first-order chi connectivity index (χ1) is 6.20. The van der Waals surface area contributed by atoms with Crippen molar-refractivity contribution in [2.45, 2.75) is 0 Å². The van der Waals surface area contributed by atoms with Crippen LogP contribution >= 0.6 is 11.6 Å². The smallest absolute Gasteiger partial charge is 0.165 e. The molecule has 2 aromatic carbocycles. The Morgan fingerprint density at radius 3 is 2.46 bits per heavy atom. The molecule has 2 nitrogen and oxygen atoms in total. The van der Waals surface area contributed by atoms with Crippen LogP contribution < -0.4 is 0 Å². The molecule has 0 aromatic heterocycles. The van der Waals surface area contributed by atoms with Crippen LogP contribution in [0.2, 0.25) is 5.02 Å². The van der Waals surface area contributed by atoms with Crippen molar-refractivity contribution in [2.24, 2.45) is 0 Å². The van der Waals surface area contributed by atoms with Gasteiger partial charge in [0.15, 0.2) is 11.5 Å². The van der Waals surface area contributed by atoms with E-state index in [0.717, 1.165) is 5.39 Å². The number of hydrogen-bond donors (Lipinski definition) is 2. The number of phenols is 2. The summed E-state index contributed by atoms with van der Waals surface area (Å²) in [7, 11) is 0. The molecule has 0 aliphatic carbocycles. The fourth-order valence-corrected chi connectivity index (χ4v) is 1.53. The van der Waals surface area contributed by atoms with Gasteiger partial charge in [0.1, 0.15) is 0 Å². The number of fused-ring (bicyclic) bond motifs is 1. The molecule has 0 bridgehead atoms. The molecule has 2 aromatic rings. The zero-order valence-corrected chi connectivity index (χ0v) is 7.42. The van der Waals surface area contributed by atoms with E-state index in [9.17, 15) is 10.2 Å². The summed E-state index contributed by atoms with van der Waals surface area (Å²) in [6.45, 7) is 0. The summed E-state index contributed by atoms with van der Waals surface area (Å²) in [6, 6.07) is 8.26. The van der Waals surface area contributed by atoms with Crippen LogP contribution in [0.5, 0.6) is 11.5 Å².